The number of hydrogen-bond donors (Lipinski definition) is 3. The molecule has 210 valence electrons. The number of aryl methyl sites for hydroxylation is 2. The minimum absolute atomic E-state index is 0.250. The lowest BCUT2D eigenvalue weighted by atomic mass is 9.56. The molecule has 8 nitrogen and oxygen atoms in total. The average Bonchev–Trinajstić information content (AvgIpc) is 2.92. The zero-order chi connectivity index (χ0) is 27.6. The number of likely N-dealkylation sites (tertiary alicyclic amines) is 1. The van der Waals surface area contributed by atoms with Crippen LogP contribution in [-0.4, -0.2) is 61.2 Å². The Morgan fingerprint density at radius 1 is 1.16 bits per heavy atom. The molecule has 5 rings (SSSR count). The number of fused-ring (bicyclic) bond motifs is 1. The van der Waals surface area contributed by atoms with Gasteiger partial charge in [-0.3, -0.25) is 9.59 Å². The summed E-state index contributed by atoms with van der Waals surface area (Å²) in [6.07, 6.45) is 10.6. The Bertz CT molecular complexity index is 927. The summed E-state index contributed by atoms with van der Waals surface area (Å²) in [6.45, 7) is 8.03. The summed E-state index contributed by atoms with van der Waals surface area (Å²) in [5.41, 5.74) is 8.93. The molecule has 8 heteroatoms. The van der Waals surface area contributed by atoms with E-state index in [4.69, 9.17) is 14.9 Å². The van der Waals surface area contributed by atoms with E-state index < -0.39 is 0 Å². The Balaban J connectivity index is 0.000000283. The van der Waals surface area contributed by atoms with Gasteiger partial charge < -0.3 is 25.8 Å². The van der Waals surface area contributed by atoms with Crippen molar-refractivity contribution in [2.45, 2.75) is 64.9 Å². The van der Waals surface area contributed by atoms with E-state index in [0.29, 0.717) is 13.1 Å². The van der Waals surface area contributed by atoms with Crippen LogP contribution in [0, 0.1) is 11.3 Å². The molecule has 4 N–H and O–H groups in total. The van der Waals surface area contributed by atoms with E-state index in [0.717, 1.165) is 35.7 Å². The number of nitrogens with two attached hydrogens (primary N) is 1. The van der Waals surface area contributed by atoms with Gasteiger partial charge in [-0.25, -0.2) is 4.98 Å². The maximum atomic E-state index is 9.76. The first-order valence-corrected chi connectivity index (χ1v) is 13.8. The van der Waals surface area contributed by atoms with Crippen molar-refractivity contribution in [2.75, 3.05) is 38.5 Å². The van der Waals surface area contributed by atoms with Crippen molar-refractivity contribution in [3.05, 3.63) is 59.3 Å². The molecule has 2 fully saturated rings. The van der Waals surface area contributed by atoms with Crippen molar-refractivity contribution in [3.8, 4) is 0 Å². The summed E-state index contributed by atoms with van der Waals surface area (Å²) in [7, 11) is 1.50. The summed E-state index contributed by atoms with van der Waals surface area (Å²) in [5, 5.41) is 10.3. The van der Waals surface area contributed by atoms with Crippen LogP contribution < -0.4 is 11.1 Å². The fraction of sp³-hybridized carbons (Fsp3) is 0.567. The number of nitrogens with one attached hydrogen (secondary N) is 1. The maximum absolute atomic E-state index is 9.76. The van der Waals surface area contributed by atoms with E-state index in [1.807, 2.05) is 30.3 Å². The third-order valence-corrected chi connectivity index (χ3v) is 7.31. The number of anilines is 1. The maximum Gasteiger partial charge on any atom is 0.293 e. The van der Waals surface area contributed by atoms with Gasteiger partial charge in [-0.15, -0.1) is 0 Å². The monoisotopic (exact) mass is 526 g/mol. The number of carbonyl (C=O) groups excluding carboxylic acids is 1. The van der Waals surface area contributed by atoms with Gasteiger partial charge in [-0.2, -0.15) is 0 Å². The van der Waals surface area contributed by atoms with Crippen LogP contribution in [0.3, 0.4) is 0 Å². The number of hydrogen-bond acceptors (Lipinski definition) is 7. The Morgan fingerprint density at radius 3 is 2.53 bits per heavy atom. The van der Waals surface area contributed by atoms with Gasteiger partial charge in [0.2, 0.25) is 0 Å². The van der Waals surface area contributed by atoms with Crippen molar-refractivity contribution >= 4 is 18.8 Å². The molecule has 2 aliphatic heterocycles. The molecule has 1 aliphatic carbocycles. The molecule has 1 saturated carbocycles. The van der Waals surface area contributed by atoms with E-state index in [-0.39, 0.29) is 6.47 Å². The number of carboxylic acid groups (broad SMARTS) is 1. The third kappa shape index (κ3) is 10.1. The van der Waals surface area contributed by atoms with E-state index in [1.165, 1.54) is 82.9 Å². The molecule has 1 aromatic carbocycles. The Labute approximate surface area is 228 Å². The second-order valence-corrected chi connectivity index (χ2v) is 10.2. The van der Waals surface area contributed by atoms with Gasteiger partial charge in [0.1, 0.15) is 12.4 Å². The fourth-order valence-electron chi connectivity index (χ4n) is 5.63. The summed E-state index contributed by atoms with van der Waals surface area (Å²) >= 11 is 0. The first-order valence-electron chi connectivity index (χ1n) is 13.8. The van der Waals surface area contributed by atoms with Crippen LogP contribution in [-0.2, 0) is 33.8 Å². The van der Waals surface area contributed by atoms with E-state index in [9.17, 15) is 4.79 Å². The van der Waals surface area contributed by atoms with Crippen LogP contribution >= 0.6 is 0 Å². The van der Waals surface area contributed by atoms with E-state index >= 15 is 0 Å². The van der Waals surface area contributed by atoms with Crippen molar-refractivity contribution in [1.82, 2.24) is 9.88 Å². The smallest absolute Gasteiger partial charge is 0.293 e. The van der Waals surface area contributed by atoms with Gasteiger partial charge in [0.05, 0.1) is 0 Å². The highest BCUT2D eigenvalue weighted by molar-refractivity contribution is 5.47. The summed E-state index contributed by atoms with van der Waals surface area (Å²) in [5.74, 6) is 2.11. The Kier molecular flexibility index (Phi) is 14.4. The molecule has 1 spiro atoms. The molecule has 3 aliphatic rings. The second kappa shape index (κ2) is 17.5. The van der Waals surface area contributed by atoms with Crippen LogP contribution in [0.4, 0.5) is 5.82 Å². The number of pyridine rings is 1. The van der Waals surface area contributed by atoms with E-state index in [1.54, 1.807) is 0 Å². The van der Waals surface area contributed by atoms with Crippen molar-refractivity contribution < 1.29 is 19.4 Å². The van der Waals surface area contributed by atoms with Gasteiger partial charge in [0, 0.05) is 25.3 Å². The first-order chi connectivity index (χ1) is 18.6. The third-order valence-electron chi connectivity index (χ3n) is 7.31. The lowest BCUT2D eigenvalue weighted by Crippen LogP contribution is -2.62. The number of rotatable bonds is 9. The minimum Gasteiger partial charge on any atom is -0.483 e. The van der Waals surface area contributed by atoms with Crippen LogP contribution in [0.1, 0.15) is 62.3 Å². The molecule has 3 heterocycles. The fourth-order valence-corrected chi connectivity index (χ4v) is 5.63. The predicted molar refractivity (Wildman–Crippen MR) is 152 cm³/mol. The molecule has 0 atom stereocenters. The first kappa shape index (κ1) is 31.2. The molecule has 0 radical (unpaired) electrons. The summed E-state index contributed by atoms with van der Waals surface area (Å²) in [4.78, 5) is 25.6. The quantitative estimate of drug-likeness (QED) is 0.408. The lowest BCUT2D eigenvalue weighted by molar-refractivity contribution is -0.129. The molecular formula is C30H46N4O4. The Morgan fingerprint density at radius 2 is 1.87 bits per heavy atom. The molecular weight excluding hydrogens is 480 g/mol. The number of ether oxygens (including phenoxy) is 1. The molecule has 0 amide bonds. The van der Waals surface area contributed by atoms with Crippen LogP contribution in [0.2, 0.25) is 0 Å². The normalized spacial score (nSPS) is 16.7. The number of benzene rings is 1. The highest BCUT2D eigenvalue weighted by Gasteiger charge is 2.51. The number of nitrogens with zero attached hydrogens (tertiary/aromatic N) is 2. The second-order valence-electron chi connectivity index (χ2n) is 10.2. The molecule has 2 aromatic rings. The van der Waals surface area contributed by atoms with Crippen LogP contribution in [0.25, 0.3) is 0 Å². The molecule has 1 saturated heterocycles. The van der Waals surface area contributed by atoms with Crippen molar-refractivity contribution in [3.63, 3.8) is 0 Å². The zero-order valence-electron chi connectivity index (χ0n) is 23.1. The van der Waals surface area contributed by atoms with Crippen molar-refractivity contribution in [1.29, 1.82) is 0 Å². The molecule has 0 unspecified atom stereocenters. The molecule has 38 heavy (non-hydrogen) atoms. The lowest BCUT2D eigenvalue weighted by Gasteiger charge is -2.59. The van der Waals surface area contributed by atoms with Gasteiger partial charge in [-0.1, -0.05) is 49.7 Å². The summed E-state index contributed by atoms with van der Waals surface area (Å²) < 4.78 is 4.54. The van der Waals surface area contributed by atoms with Gasteiger partial charge >= 0.3 is 0 Å². The highest BCUT2D eigenvalue weighted by atomic mass is 16.5. The standard InChI is InChI=1S/C20H31N3.C8H8O2.CH5N.CH2O2/c1-2-3-11-23-14-20(15-23)12-16(13-20)6-8-18-9-7-17-5-4-10-21-19(17)22-18;9-7-10-6-8-4-2-1-3-5-8;1-2;2-1-3/h7,9,16H,2-6,8,10-15H2,1H3,(H,21,22);1-5,7H,6H2;2H2,1H3;1H,(H,2,3). The van der Waals surface area contributed by atoms with Gasteiger partial charge in [0.25, 0.3) is 12.9 Å². The predicted octanol–water partition coefficient (Wildman–Crippen LogP) is 4.52. The number of carbonyl (C=O) groups is 2. The zero-order valence-corrected chi connectivity index (χ0v) is 23.1. The van der Waals surface area contributed by atoms with E-state index in [2.05, 4.69) is 39.7 Å². The van der Waals surface area contributed by atoms with Crippen molar-refractivity contribution in [2.24, 2.45) is 17.1 Å². The minimum atomic E-state index is -0.250. The SMILES string of the molecule is CCCCN1CC2(CC(CCc3ccc4c(n3)NCCC4)C2)C1.CN.O=CO.O=COCc1ccccc1. The number of aromatic nitrogens is 1. The molecule has 0 bridgehead atoms. The molecule has 1 aromatic heterocycles. The topological polar surface area (TPSA) is 118 Å². The van der Waals surface area contributed by atoms with Crippen LogP contribution in [0.15, 0.2) is 42.5 Å². The largest absolute Gasteiger partial charge is 0.483 e. The van der Waals surface area contributed by atoms with Crippen LogP contribution in [0.5, 0.6) is 0 Å². The number of unbranched alkanes of at least 4 members (excludes halogenated alkanes) is 1. The van der Waals surface area contributed by atoms with Gasteiger partial charge in [-0.05, 0) is 87.1 Å². The summed E-state index contributed by atoms with van der Waals surface area (Å²) in [6, 6.07) is 14.1. The Hall–Kier alpha value is -2.97. The van der Waals surface area contributed by atoms with Gasteiger partial charge in [0.15, 0.2) is 0 Å². The average molecular weight is 527 g/mol. The highest BCUT2D eigenvalue weighted by Crippen LogP contribution is 2.53.